The number of hydrazone groups is 1. The van der Waals surface area contributed by atoms with Crippen LogP contribution in [0.3, 0.4) is 0 Å². The van der Waals surface area contributed by atoms with Gasteiger partial charge in [0.05, 0.1) is 13.3 Å². The van der Waals surface area contributed by atoms with Crippen molar-refractivity contribution in [2.45, 2.75) is 19.3 Å². The van der Waals surface area contributed by atoms with Crippen molar-refractivity contribution in [3.8, 4) is 11.5 Å². The maximum Gasteiger partial charge on any atom is 0.277 e. The molecule has 0 bridgehead atoms. The molecule has 1 saturated carbocycles. The molecule has 1 aromatic carbocycles. The van der Waals surface area contributed by atoms with Crippen molar-refractivity contribution >= 4 is 12.1 Å². The van der Waals surface area contributed by atoms with Crippen molar-refractivity contribution in [2.24, 2.45) is 11.0 Å². The van der Waals surface area contributed by atoms with Gasteiger partial charge in [0.25, 0.3) is 5.91 Å². The fourth-order valence-electron chi connectivity index (χ4n) is 2.44. The number of carbonyl (C=O) groups is 1. The number of ether oxygens (including phenoxy) is 2. The van der Waals surface area contributed by atoms with Crippen LogP contribution in [0.2, 0.25) is 0 Å². The Morgan fingerprint density at radius 2 is 2.08 bits per heavy atom. The second kappa shape index (κ2) is 7.21. The molecule has 1 aliphatic carbocycles. The highest BCUT2D eigenvalue weighted by molar-refractivity contribution is 5.81. The molecule has 0 aliphatic heterocycles. The number of carbonyl (C=O) groups excluding carboxylic acids is 1. The number of hydrogen-bond acceptors (Lipinski definition) is 5. The van der Waals surface area contributed by atoms with E-state index in [2.05, 4.69) is 17.5 Å². The molecule has 2 aromatic rings. The van der Waals surface area contributed by atoms with Crippen LogP contribution in [0.1, 0.15) is 30.8 Å². The highest BCUT2D eigenvalue weighted by atomic mass is 16.5. The lowest BCUT2D eigenvalue weighted by molar-refractivity contribution is -0.123. The molecule has 2 atom stereocenters. The third-order valence-corrected chi connectivity index (χ3v) is 3.93. The Morgan fingerprint density at radius 1 is 1.33 bits per heavy atom. The smallest absolute Gasteiger partial charge is 0.277 e. The van der Waals surface area contributed by atoms with E-state index in [1.165, 1.54) is 12.6 Å². The van der Waals surface area contributed by atoms with Gasteiger partial charge in [-0.15, -0.1) is 0 Å². The van der Waals surface area contributed by atoms with Gasteiger partial charge in [0, 0.05) is 5.92 Å². The normalized spacial score (nSPS) is 19.2. The first-order valence-corrected chi connectivity index (χ1v) is 7.85. The number of methoxy groups -OCH3 is 1. The zero-order valence-corrected chi connectivity index (χ0v) is 13.7. The number of rotatable bonds is 7. The third kappa shape index (κ3) is 3.95. The first-order valence-electron chi connectivity index (χ1n) is 7.85. The van der Waals surface area contributed by atoms with Gasteiger partial charge in [0.15, 0.2) is 18.1 Å². The second-order valence-corrected chi connectivity index (χ2v) is 5.79. The van der Waals surface area contributed by atoms with E-state index in [4.69, 9.17) is 13.9 Å². The first-order chi connectivity index (χ1) is 11.7. The van der Waals surface area contributed by atoms with Gasteiger partial charge in [-0.1, -0.05) is 19.1 Å². The first kappa shape index (κ1) is 16.1. The number of furan rings is 1. The highest BCUT2D eigenvalue weighted by Crippen LogP contribution is 2.47. The molecule has 1 N–H and O–H groups in total. The summed E-state index contributed by atoms with van der Waals surface area (Å²) in [5, 5.41) is 3.88. The Bertz CT molecular complexity index is 738. The standard InChI is InChI=1S/C18H20N2O4/c1-12-9-14(12)15-8-7-13(24-15)10-19-20-18(21)11-23-17-6-4-3-5-16(17)22-2/h3-8,10,12,14H,9,11H2,1-2H3,(H,20,21)/b19-10-/t12-,14+/m1/s1. The van der Waals surface area contributed by atoms with Crippen LogP contribution in [-0.2, 0) is 4.79 Å². The molecular formula is C18H20N2O4. The molecule has 1 amide bonds. The van der Waals surface area contributed by atoms with Gasteiger partial charge >= 0.3 is 0 Å². The molecular weight excluding hydrogens is 308 g/mol. The molecule has 0 spiro atoms. The van der Waals surface area contributed by atoms with Crippen LogP contribution in [0.25, 0.3) is 0 Å². The van der Waals surface area contributed by atoms with Gasteiger partial charge < -0.3 is 13.9 Å². The molecule has 1 aliphatic rings. The van der Waals surface area contributed by atoms with E-state index >= 15 is 0 Å². The number of amides is 1. The van der Waals surface area contributed by atoms with Crippen LogP contribution >= 0.6 is 0 Å². The van der Waals surface area contributed by atoms with Gasteiger partial charge in [-0.2, -0.15) is 5.10 Å². The minimum atomic E-state index is -0.361. The third-order valence-electron chi connectivity index (χ3n) is 3.93. The molecule has 3 rings (SSSR count). The van der Waals surface area contributed by atoms with E-state index in [1.807, 2.05) is 24.3 Å². The van der Waals surface area contributed by atoms with E-state index in [9.17, 15) is 4.79 Å². The summed E-state index contributed by atoms with van der Waals surface area (Å²) in [6.07, 6.45) is 2.65. The summed E-state index contributed by atoms with van der Waals surface area (Å²) in [7, 11) is 1.55. The molecule has 6 heteroatoms. The lowest BCUT2D eigenvalue weighted by atomic mass is 10.3. The van der Waals surface area contributed by atoms with E-state index in [-0.39, 0.29) is 12.5 Å². The Labute approximate surface area is 140 Å². The molecule has 126 valence electrons. The van der Waals surface area contributed by atoms with Crippen LogP contribution in [0.4, 0.5) is 0 Å². The number of para-hydroxylation sites is 2. The monoisotopic (exact) mass is 328 g/mol. The van der Waals surface area contributed by atoms with Gasteiger partial charge in [-0.3, -0.25) is 4.79 Å². The number of nitrogens with one attached hydrogen (secondary N) is 1. The molecule has 1 aromatic heterocycles. The minimum Gasteiger partial charge on any atom is -0.493 e. The van der Waals surface area contributed by atoms with Crippen molar-refractivity contribution in [1.29, 1.82) is 0 Å². The highest BCUT2D eigenvalue weighted by Gasteiger charge is 2.36. The number of benzene rings is 1. The molecule has 0 unspecified atom stereocenters. The van der Waals surface area contributed by atoms with Gasteiger partial charge in [0.1, 0.15) is 11.5 Å². The summed E-state index contributed by atoms with van der Waals surface area (Å²) < 4.78 is 16.2. The average Bonchev–Trinajstić information content (AvgIpc) is 3.14. The Kier molecular flexibility index (Phi) is 4.84. The van der Waals surface area contributed by atoms with E-state index in [0.29, 0.717) is 29.1 Å². The quantitative estimate of drug-likeness (QED) is 0.626. The molecule has 0 saturated heterocycles. The summed E-state index contributed by atoms with van der Waals surface area (Å²) in [6.45, 7) is 2.05. The van der Waals surface area contributed by atoms with Crippen molar-refractivity contribution < 1.29 is 18.7 Å². The minimum absolute atomic E-state index is 0.152. The largest absolute Gasteiger partial charge is 0.493 e. The van der Waals surface area contributed by atoms with Gasteiger partial charge in [0.2, 0.25) is 0 Å². The van der Waals surface area contributed by atoms with E-state index < -0.39 is 0 Å². The summed E-state index contributed by atoms with van der Waals surface area (Å²) in [5.41, 5.74) is 2.41. The van der Waals surface area contributed by atoms with Gasteiger partial charge in [-0.25, -0.2) is 5.43 Å². The summed E-state index contributed by atoms with van der Waals surface area (Å²) >= 11 is 0. The van der Waals surface area contributed by atoms with Crippen LogP contribution in [0, 0.1) is 5.92 Å². The summed E-state index contributed by atoms with van der Waals surface area (Å²) in [5.74, 6) is 3.54. The van der Waals surface area contributed by atoms with Crippen LogP contribution in [0.15, 0.2) is 45.9 Å². The summed E-state index contributed by atoms with van der Waals surface area (Å²) in [4.78, 5) is 11.8. The second-order valence-electron chi connectivity index (χ2n) is 5.79. The zero-order chi connectivity index (χ0) is 16.9. The SMILES string of the molecule is COc1ccccc1OCC(=O)N/N=C\c1ccc([C@H]2C[C@H]2C)o1. The van der Waals surface area contributed by atoms with E-state index in [1.54, 1.807) is 19.2 Å². The molecule has 24 heavy (non-hydrogen) atoms. The fraction of sp³-hybridized carbons (Fsp3) is 0.333. The van der Waals surface area contributed by atoms with Crippen LogP contribution in [0.5, 0.6) is 11.5 Å². The maximum atomic E-state index is 11.8. The van der Waals surface area contributed by atoms with E-state index in [0.717, 1.165) is 5.76 Å². The maximum absolute atomic E-state index is 11.8. The van der Waals surface area contributed by atoms with Gasteiger partial charge in [-0.05, 0) is 36.6 Å². The fourth-order valence-corrected chi connectivity index (χ4v) is 2.44. The zero-order valence-electron chi connectivity index (χ0n) is 13.7. The molecule has 1 fully saturated rings. The Balaban J connectivity index is 1.46. The van der Waals surface area contributed by atoms with Crippen molar-refractivity contribution in [3.63, 3.8) is 0 Å². The van der Waals surface area contributed by atoms with Crippen molar-refractivity contribution in [1.82, 2.24) is 5.43 Å². The number of nitrogens with zero attached hydrogens (tertiary/aromatic N) is 1. The van der Waals surface area contributed by atoms with Crippen molar-refractivity contribution in [3.05, 3.63) is 47.9 Å². The topological polar surface area (TPSA) is 73.1 Å². The molecule has 1 heterocycles. The lowest BCUT2D eigenvalue weighted by Crippen LogP contribution is -2.24. The molecule has 6 nitrogen and oxygen atoms in total. The van der Waals surface area contributed by atoms with Crippen molar-refractivity contribution in [2.75, 3.05) is 13.7 Å². The predicted molar refractivity (Wildman–Crippen MR) is 89.5 cm³/mol. The number of hydrogen-bond donors (Lipinski definition) is 1. The Morgan fingerprint density at radius 3 is 2.79 bits per heavy atom. The predicted octanol–water partition coefficient (Wildman–Crippen LogP) is 2.94. The average molecular weight is 328 g/mol. The van der Waals surface area contributed by atoms with Crippen LogP contribution in [-0.4, -0.2) is 25.8 Å². The van der Waals surface area contributed by atoms with Crippen LogP contribution < -0.4 is 14.9 Å². The lowest BCUT2D eigenvalue weighted by Gasteiger charge is -2.08. The molecule has 0 radical (unpaired) electrons. The Hall–Kier alpha value is -2.76. The summed E-state index contributed by atoms with van der Waals surface area (Å²) in [6, 6.07) is 10.9.